The van der Waals surface area contributed by atoms with Crippen LogP contribution in [-0.4, -0.2) is 80.1 Å². The van der Waals surface area contributed by atoms with E-state index in [2.05, 4.69) is 26.1 Å². The molecule has 1 aromatic rings. The standard InChI is InChI=1S/C37H58N2O7/c1-5-6-17-32(35(40)38-31(22-27-13-9-7-10-14-27)33-24-30(26(2)3)37(42)46-33)45-34(23-28-15-11-8-12-16-28)36(41)39-20-18-29(19-21-39)44-25-43-4/h8,11-12,15-16,26-27,29-34H,5-7,9-10,13-14,17-25H2,1-4H3,(H,38,40)/t30-,31-,32-,33-,34-/m0/s1. The number of nitrogens with zero attached hydrogens (tertiary/aromatic N) is 1. The summed E-state index contributed by atoms with van der Waals surface area (Å²) in [5, 5.41) is 3.31. The molecule has 1 N–H and O–H groups in total. The Morgan fingerprint density at radius 2 is 1.74 bits per heavy atom. The number of methoxy groups -OCH3 is 1. The lowest BCUT2D eigenvalue weighted by Gasteiger charge is -2.35. The highest BCUT2D eigenvalue weighted by Gasteiger charge is 2.42. The number of nitrogens with one attached hydrogen (secondary N) is 1. The van der Waals surface area contributed by atoms with Crippen LogP contribution in [0.3, 0.4) is 0 Å². The second kappa shape index (κ2) is 18.7. The quantitative estimate of drug-likeness (QED) is 0.169. The summed E-state index contributed by atoms with van der Waals surface area (Å²) in [4.78, 5) is 42.8. The number of carbonyl (C=O) groups excluding carboxylic acids is 3. The molecule has 0 unspecified atom stereocenters. The number of hydrogen-bond donors (Lipinski definition) is 1. The van der Waals surface area contributed by atoms with Crippen molar-refractivity contribution in [2.75, 3.05) is 27.0 Å². The topological polar surface area (TPSA) is 103 Å². The predicted molar refractivity (Wildman–Crippen MR) is 177 cm³/mol. The number of unbranched alkanes of at least 4 members (excludes halogenated alkanes) is 1. The molecule has 3 fully saturated rings. The third-order valence-corrected chi connectivity index (χ3v) is 10.1. The Hall–Kier alpha value is -2.49. The molecule has 258 valence electrons. The van der Waals surface area contributed by atoms with E-state index in [0.717, 1.165) is 50.5 Å². The van der Waals surface area contributed by atoms with E-state index < -0.39 is 12.2 Å². The first kappa shape index (κ1) is 36.3. The summed E-state index contributed by atoms with van der Waals surface area (Å²) >= 11 is 0. The van der Waals surface area contributed by atoms with E-state index in [1.54, 1.807) is 7.11 Å². The van der Waals surface area contributed by atoms with Gasteiger partial charge in [-0.2, -0.15) is 0 Å². The molecule has 0 spiro atoms. The van der Waals surface area contributed by atoms with Crippen molar-refractivity contribution in [3.63, 3.8) is 0 Å². The molecule has 9 nitrogen and oxygen atoms in total. The summed E-state index contributed by atoms with van der Waals surface area (Å²) in [6, 6.07) is 9.59. The number of piperidine rings is 1. The second-order valence-electron chi connectivity index (χ2n) is 14.0. The fourth-order valence-corrected chi connectivity index (χ4v) is 7.26. The zero-order valence-electron chi connectivity index (χ0n) is 28.6. The van der Waals surface area contributed by atoms with Gasteiger partial charge in [-0.3, -0.25) is 14.4 Å². The number of hydrogen-bond acceptors (Lipinski definition) is 7. The van der Waals surface area contributed by atoms with Gasteiger partial charge in [-0.25, -0.2) is 0 Å². The lowest BCUT2D eigenvalue weighted by Crippen LogP contribution is -2.52. The van der Waals surface area contributed by atoms with E-state index in [-0.39, 0.29) is 54.7 Å². The highest BCUT2D eigenvalue weighted by atomic mass is 16.7. The molecular formula is C37H58N2O7. The summed E-state index contributed by atoms with van der Waals surface area (Å²) in [5.41, 5.74) is 0.988. The fraction of sp³-hybridized carbons (Fsp3) is 0.757. The number of ether oxygens (including phenoxy) is 4. The van der Waals surface area contributed by atoms with Crippen LogP contribution in [0.15, 0.2) is 30.3 Å². The molecule has 3 aliphatic rings. The maximum Gasteiger partial charge on any atom is 0.309 e. The van der Waals surface area contributed by atoms with Crippen LogP contribution < -0.4 is 5.32 Å². The van der Waals surface area contributed by atoms with Crippen LogP contribution in [0.1, 0.15) is 103 Å². The van der Waals surface area contributed by atoms with Crippen LogP contribution in [0.4, 0.5) is 0 Å². The van der Waals surface area contributed by atoms with Gasteiger partial charge in [0.15, 0.2) is 0 Å². The van der Waals surface area contributed by atoms with Crippen molar-refractivity contribution in [3.8, 4) is 0 Å². The molecular weight excluding hydrogens is 584 g/mol. The summed E-state index contributed by atoms with van der Waals surface area (Å²) < 4.78 is 23.3. The molecule has 0 bridgehead atoms. The number of carbonyl (C=O) groups is 3. The molecule has 9 heteroatoms. The maximum atomic E-state index is 14.2. The Morgan fingerprint density at radius 1 is 1.02 bits per heavy atom. The SMILES string of the molecule is CCCC[C@H](O[C@@H](Cc1ccccc1)C(=O)N1CCC(OCOC)CC1)C(=O)N[C@@H](CC1CCCCC1)[C@@H]1C[C@@H](C(C)C)C(=O)O1. The van der Waals surface area contributed by atoms with Crippen molar-refractivity contribution in [1.82, 2.24) is 10.2 Å². The normalized spacial score (nSPS) is 23.2. The molecule has 1 aliphatic carbocycles. The minimum absolute atomic E-state index is 0.0571. The number of amides is 2. The van der Waals surface area contributed by atoms with Gasteiger partial charge in [-0.1, -0.05) is 96.0 Å². The van der Waals surface area contributed by atoms with Gasteiger partial charge in [0.05, 0.1) is 18.1 Å². The maximum absolute atomic E-state index is 14.2. The number of likely N-dealkylation sites (tertiary alicyclic amines) is 1. The Balaban J connectivity index is 1.50. The Kier molecular flexibility index (Phi) is 14.8. The van der Waals surface area contributed by atoms with E-state index in [1.807, 2.05) is 35.2 Å². The summed E-state index contributed by atoms with van der Waals surface area (Å²) in [6.07, 6.45) is 9.53. The van der Waals surface area contributed by atoms with Crippen LogP contribution in [0.25, 0.3) is 0 Å². The molecule has 5 atom stereocenters. The van der Waals surface area contributed by atoms with Crippen molar-refractivity contribution < 1.29 is 33.3 Å². The number of esters is 1. The van der Waals surface area contributed by atoms with Gasteiger partial charge in [-0.15, -0.1) is 0 Å². The largest absolute Gasteiger partial charge is 0.460 e. The van der Waals surface area contributed by atoms with Gasteiger partial charge in [0.2, 0.25) is 5.91 Å². The predicted octanol–water partition coefficient (Wildman–Crippen LogP) is 5.83. The molecule has 2 saturated heterocycles. The van der Waals surface area contributed by atoms with Gasteiger partial charge in [-0.05, 0) is 49.5 Å². The lowest BCUT2D eigenvalue weighted by atomic mass is 9.82. The van der Waals surface area contributed by atoms with Gasteiger partial charge in [0.1, 0.15) is 25.1 Å². The van der Waals surface area contributed by atoms with Crippen molar-refractivity contribution in [1.29, 1.82) is 0 Å². The van der Waals surface area contributed by atoms with E-state index in [4.69, 9.17) is 18.9 Å². The highest BCUT2D eigenvalue weighted by Crippen LogP contribution is 2.34. The zero-order valence-corrected chi connectivity index (χ0v) is 28.6. The summed E-state index contributed by atoms with van der Waals surface area (Å²) in [7, 11) is 1.61. The number of benzene rings is 1. The van der Waals surface area contributed by atoms with Crippen molar-refractivity contribution in [2.24, 2.45) is 17.8 Å². The Bertz CT molecular complexity index is 1070. The van der Waals surface area contributed by atoms with E-state index in [1.165, 1.54) is 19.3 Å². The van der Waals surface area contributed by atoms with Gasteiger partial charge in [0.25, 0.3) is 5.91 Å². The van der Waals surface area contributed by atoms with Crippen molar-refractivity contribution in [3.05, 3.63) is 35.9 Å². The monoisotopic (exact) mass is 642 g/mol. The van der Waals surface area contributed by atoms with Gasteiger partial charge < -0.3 is 29.2 Å². The van der Waals surface area contributed by atoms with E-state index in [9.17, 15) is 14.4 Å². The van der Waals surface area contributed by atoms with Crippen molar-refractivity contribution >= 4 is 17.8 Å². The lowest BCUT2D eigenvalue weighted by molar-refractivity contribution is -0.158. The molecule has 0 radical (unpaired) electrons. The first-order chi connectivity index (χ1) is 22.3. The Labute approximate surface area is 276 Å². The third kappa shape index (κ3) is 10.8. The average Bonchev–Trinajstić information content (AvgIpc) is 3.47. The molecule has 2 amide bonds. The number of cyclic esters (lactones) is 1. The van der Waals surface area contributed by atoms with E-state index >= 15 is 0 Å². The first-order valence-electron chi connectivity index (χ1n) is 17.9. The molecule has 0 aromatic heterocycles. The fourth-order valence-electron chi connectivity index (χ4n) is 7.26. The molecule has 1 aromatic carbocycles. The smallest absolute Gasteiger partial charge is 0.309 e. The average molecular weight is 643 g/mol. The molecule has 2 aliphatic heterocycles. The molecule has 2 heterocycles. The van der Waals surface area contributed by atoms with Gasteiger partial charge in [0, 0.05) is 26.6 Å². The summed E-state index contributed by atoms with van der Waals surface area (Å²) in [6.45, 7) is 7.58. The minimum Gasteiger partial charge on any atom is -0.460 e. The molecule has 1 saturated carbocycles. The Morgan fingerprint density at radius 3 is 2.37 bits per heavy atom. The molecule has 4 rings (SSSR count). The van der Waals surface area contributed by atoms with Crippen LogP contribution in [0.2, 0.25) is 0 Å². The van der Waals surface area contributed by atoms with Crippen molar-refractivity contribution in [2.45, 2.75) is 135 Å². The van der Waals surface area contributed by atoms with Crippen LogP contribution in [0.5, 0.6) is 0 Å². The van der Waals surface area contributed by atoms with Crippen LogP contribution in [0, 0.1) is 17.8 Å². The van der Waals surface area contributed by atoms with E-state index in [0.29, 0.717) is 38.3 Å². The third-order valence-electron chi connectivity index (χ3n) is 10.1. The highest BCUT2D eigenvalue weighted by molar-refractivity contribution is 5.84. The zero-order chi connectivity index (χ0) is 32.9. The van der Waals surface area contributed by atoms with Crippen LogP contribution >= 0.6 is 0 Å². The van der Waals surface area contributed by atoms with Gasteiger partial charge >= 0.3 is 5.97 Å². The molecule has 46 heavy (non-hydrogen) atoms. The first-order valence-corrected chi connectivity index (χ1v) is 17.9. The van der Waals surface area contributed by atoms with Crippen LogP contribution in [-0.2, 0) is 39.8 Å². The second-order valence-corrected chi connectivity index (χ2v) is 14.0. The minimum atomic E-state index is -0.794. The number of rotatable bonds is 17. The summed E-state index contributed by atoms with van der Waals surface area (Å²) in [5.74, 6) is 0.0634.